The molecule has 2 aromatic carbocycles. The number of piperazine rings is 1. The Labute approximate surface area is 159 Å². The quantitative estimate of drug-likeness (QED) is 0.637. The van der Waals surface area contributed by atoms with E-state index >= 15 is 0 Å². The molecule has 0 unspecified atom stereocenters. The Morgan fingerprint density at radius 2 is 1.85 bits per heavy atom. The van der Waals surface area contributed by atoms with Crippen molar-refractivity contribution in [2.45, 2.75) is 4.90 Å². The Morgan fingerprint density at radius 3 is 2.58 bits per heavy atom. The van der Waals surface area contributed by atoms with Crippen LogP contribution in [0, 0.1) is 5.82 Å². The maximum absolute atomic E-state index is 13.8. The molecule has 0 bridgehead atoms. The molecule has 1 saturated heterocycles. The SMILES string of the molecule is O=C(CSc1ccccc1)N1CCN(c2nc3c(F)cccc3s2)CC1. The number of thiazole rings is 1. The van der Waals surface area contributed by atoms with Gasteiger partial charge in [-0.25, -0.2) is 9.37 Å². The van der Waals surface area contributed by atoms with Gasteiger partial charge >= 0.3 is 0 Å². The minimum absolute atomic E-state index is 0.161. The van der Waals surface area contributed by atoms with E-state index < -0.39 is 0 Å². The molecule has 1 fully saturated rings. The first-order valence-corrected chi connectivity index (χ1v) is 10.3. The van der Waals surface area contributed by atoms with Crippen molar-refractivity contribution in [1.82, 2.24) is 9.88 Å². The van der Waals surface area contributed by atoms with E-state index in [1.54, 1.807) is 17.8 Å². The van der Waals surface area contributed by atoms with Crippen LogP contribution in [0.1, 0.15) is 0 Å². The van der Waals surface area contributed by atoms with Gasteiger partial charge in [-0.1, -0.05) is 35.6 Å². The van der Waals surface area contributed by atoms with Gasteiger partial charge in [0.25, 0.3) is 0 Å². The maximum atomic E-state index is 13.8. The van der Waals surface area contributed by atoms with Crippen LogP contribution in [0.25, 0.3) is 10.2 Å². The van der Waals surface area contributed by atoms with Crippen LogP contribution in [0.4, 0.5) is 9.52 Å². The standard InChI is InChI=1S/C19H18FN3OS2/c20-15-7-4-8-16-18(15)21-19(26-16)23-11-9-22(10-12-23)17(24)13-25-14-5-2-1-3-6-14/h1-8H,9-13H2. The van der Waals surface area contributed by atoms with Crippen LogP contribution in [-0.2, 0) is 4.79 Å². The molecule has 1 aliphatic rings. The molecule has 0 aliphatic carbocycles. The molecule has 0 atom stereocenters. The number of nitrogens with zero attached hydrogens (tertiary/aromatic N) is 3. The van der Waals surface area contributed by atoms with Gasteiger partial charge in [0.1, 0.15) is 11.3 Å². The summed E-state index contributed by atoms with van der Waals surface area (Å²) in [5.41, 5.74) is 0.435. The molecular formula is C19H18FN3OS2. The van der Waals surface area contributed by atoms with Crippen molar-refractivity contribution in [3.8, 4) is 0 Å². The van der Waals surface area contributed by atoms with Crippen LogP contribution in [-0.4, -0.2) is 47.7 Å². The number of carbonyl (C=O) groups excluding carboxylic acids is 1. The van der Waals surface area contributed by atoms with Gasteiger partial charge in [0.15, 0.2) is 5.13 Å². The summed E-state index contributed by atoms with van der Waals surface area (Å²) in [5, 5.41) is 0.829. The number of carbonyl (C=O) groups is 1. The number of anilines is 1. The van der Waals surface area contributed by atoms with Crippen molar-refractivity contribution in [3.63, 3.8) is 0 Å². The molecular weight excluding hydrogens is 369 g/mol. The Hall–Kier alpha value is -2.12. The number of halogens is 1. The number of amides is 1. The average Bonchev–Trinajstić information content (AvgIpc) is 3.13. The Bertz CT molecular complexity index is 908. The summed E-state index contributed by atoms with van der Waals surface area (Å²) in [6.07, 6.45) is 0. The fourth-order valence-electron chi connectivity index (χ4n) is 2.94. The Kier molecular flexibility index (Phi) is 5.08. The van der Waals surface area contributed by atoms with Crippen LogP contribution in [0.15, 0.2) is 53.4 Å². The monoisotopic (exact) mass is 387 g/mol. The molecule has 0 N–H and O–H groups in total. The molecule has 4 nitrogen and oxygen atoms in total. The molecule has 134 valence electrons. The van der Waals surface area contributed by atoms with Gasteiger partial charge in [-0.15, -0.1) is 11.8 Å². The molecule has 0 saturated carbocycles. The first kappa shape index (κ1) is 17.3. The van der Waals surface area contributed by atoms with Crippen molar-refractivity contribution in [1.29, 1.82) is 0 Å². The highest BCUT2D eigenvalue weighted by molar-refractivity contribution is 8.00. The normalized spacial score (nSPS) is 14.8. The van der Waals surface area contributed by atoms with Crippen molar-refractivity contribution in [3.05, 3.63) is 54.3 Å². The summed E-state index contributed by atoms with van der Waals surface area (Å²) in [5.74, 6) is 0.335. The van der Waals surface area contributed by atoms with Crippen molar-refractivity contribution in [2.24, 2.45) is 0 Å². The Balaban J connectivity index is 1.34. The molecule has 1 aromatic heterocycles. The predicted molar refractivity (Wildman–Crippen MR) is 106 cm³/mol. The summed E-state index contributed by atoms with van der Waals surface area (Å²) in [4.78, 5) is 22.0. The molecule has 3 aromatic rings. The van der Waals surface area contributed by atoms with Gasteiger partial charge < -0.3 is 9.80 Å². The van der Waals surface area contributed by atoms with Gasteiger partial charge in [0, 0.05) is 31.1 Å². The van der Waals surface area contributed by atoms with Crippen LogP contribution in [0.3, 0.4) is 0 Å². The van der Waals surface area contributed by atoms with Gasteiger partial charge in [-0.2, -0.15) is 0 Å². The highest BCUT2D eigenvalue weighted by atomic mass is 32.2. The second-order valence-corrected chi connectivity index (χ2v) is 8.11. The smallest absolute Gasteiger partial charge is 0.233 e. The van der Waals surface area contributed by atoms with Crippen LogP contribution >= 0.6 is 23.1 Å². The lowest BCUT2D eigenvalue weighted by molar-refractivity contribution is -0.128. The third-order valence-corrected chi connectivity index (χ3v) is 6.45. The lowest BCUT2D eigenvalue weighted by Crippen LogP contribution is -2.49. The summed E-state index contributed by atoms with van der Waals surface area (Å²) < 4.78 is 14.7. The van der Waals surface area contributed by atoms with E-state index in [0.717, 1.165) is 27.8 Å². The lowest BCUT2D eigenvalue weighted by atomic mass is 10.3. The largest absolute Gasteiger partial charge is 0.345 e. The molecule has 7 heteroatoms. The second-order valence-electron chi connectivity index (χ2n) is 6.05. The van der Waals surface area contributed by atoms with Crippen molar-refractivity contribution < 1.29 is 9.18 Å². The minimum Gasteiger partial charge on any atom is -0.345 e. The molecule has 4 rings (SSSR count). The fourth-order valence-corrected chi connectivity index (χ4v) is 4.79. The average molecular weight is 388 g/mol. The van der Waals surface area contributed by atoms with Gasteiger partial charge in [0.05, 0.1) is 10.5 Å². The number of hydrogen-bond acceptors (Lipinski definition) is 5. The third kappa shape index (κ3) is 3.68. The molecule has 1 amide bonds. The number of para-hydroxylation sites is 1. The van der Waals surface area contributed by atoms with E-state index in [1.165, 1.54) is 17.4 Å². The summed E-state index contributed by atoms with van der Waals surface area (Å²) >= 11 is 3.07. The number of rotatable bonds is 4. The molecule has 0 spiro atoms. The topological polar surface area (TPSA) is 36.4 Å². The zero-order valence-corrected chi connectivity index (χ0v) is 15.7. The number of fused-ring (bicyclic) bond motifs is 1. The second kappa shape index (κ2) is 7.63. The number of aromatic nitrogens is 1. The van der Waals surface area contributed by atoms with Crippen molar-refractivity contribution >= 4 is 44.4 Å². The van der Waals surface area contributed by atoms with Crippen molar-refractivity contribution in [2.75, 3.05) is 36.8 Å². The minimum atomic E-state index is -0.281. The zero-order chi connectivity index (χ0) is 17.9. The predicted octanol–water partition coefficient (Wildman–Crippen LogP) is 3.88. The zero-order valence-electron chi connectivity index (χ0n) is 14.1. The third-order valence-electron chi connectivity index (χ3n) is 4.37. The summed E-state index contributed by atoms with van der Waals surface area (Å²) in [6.45, 7) is 2.80. The number of thioether (sulfide) groups is 1. The summed E-state index contributed by atoms with van der Waals surface area (Å²) in [7, 11) is 0. The van der Waals surface area contributed by atoms with Gasteiger partial charge in [-0.3, -0.25) is 4.79 Å². The first-order valence-electron chi connectivity index (χ1n) is 8.46. The van der Waals surface area contributed by atoms with E-state index in [9.17, 15) is 9.18 Å². The van der Waals surface area contributed by atoms with Crippen LogP contribution in [0.2, 0.25) is 0 Å². The molecule has 26 heavy (non-hydrogen) atoms. The highest BCUT2D eigenvalue weighted by Crippen LogP contribution is 2.30. The highest BCUT2D eigenvalue weighted by Gasteiger charge is 2.23. The fraction of sp³-hybridized carbons (Fsp3) is 0.263. The molecule has 0 radical (unpaired) electrons. The number of benzene rings is 2. The van der Waals surface area contributed by atoms with E-state index in [2.05, 4.69) is 9.88 Å². The van der Waals surface area contributed by atoms with E-state index in [1.807, 2.05) is 41.3 Å². The van der Waals surface area contributed by atoms with E-state index in [4.69, 9.17) is 0 Å². The van der Waals surface area contributed by atoms with E-state index in [0.29, 0.717) is 24.4 Å². The molecule has 2 heterocycles. The lowest BCUT2D eigenvalue weighted by Gasteiger charge is -2.34. The molecule has 1 aliphatic heterocycles. The van der Waals surface area contributed by atoms with Crippen LogP contribution in [0.5, 0.6) is 0 Å². The first-order chi connectivity index (χ1) is 12.7. The van der Waals surface area contributed by atoms with Gasteiger partial charge in [0.2, 0.25) is 5.91 Å². The number of hydrogen-bond donors (Lipinski definition) is 0. The maximum Gasteiger partial charge on any atom is 0.233 e. The van der Waals surface area contributed by atoms with Crippen LogP contribution < -0.4 is 4.90 Å². The Morgan fingerprint density at radius 1 is 1.08 bits per heavy atom. The van der Waals surface area contributed by atoms with E-state index in [-0.39, 0.29) is 11.7 Å². The summed E-state index contributed by atoms with van der Waals surface area (Å²) in [6, 6.07) is 15.0. The van der Waals surface area contributed by atoms with Gasteiger partial charge in [-0.05, 0) is 24.3 Å².